The van der Waals surface area contributed by atoms with E-state index in [1.165, 1.54) is 18.2 Å². The highest BCUT2D eigenvalue weighted by molar-refractivity contribution is 5.93. The fourth-order valence-corrected chi connectivity index (χ4v) is 2.81. The van der Waals surface area contributed by atoms with E-state index >= 15 is 0 Å². The van der Waals surface area contributed by atoms with Gasteiger partial charge in [0.15, 0.2) is 0 Å². The third-order valence-electron chi connectivity index (χ3n) is 4.17. The Morgan fingerprint density at radius 2 is 1.71 bits per heavy atom. The largest absolute Gasteiger partial charge is 0.444 e. The zero-order valence-electron chi connectivity index (χ0n) is 14.9. The first kappa shape index (κ1) is 19.8. The monoisotopic (exact) mass is 391 g/mol. The van der Waals surface area contributed by atoms with Gasteiger partial charge in [-0.15, -0.1) is 0 Å². The van der Waals surface area contributed by atoms with Crippen molar-refractivity contribution in [2.24, 2.45) is 0 Å². The van der Waals surface area contributed by atoms with Crippen molar-refractivity contribution in [3.8, 4) is 5.75 Å². The van der Waals surface area contributed by atoms with Gasteiger partial charge in [-0.1, -0.05) is 36.4 Å². The lowest BCUT2D eigenvalue weighted by molar-refractivity contribution is -0.145. The van der Waals surface area contributed by atoms with Gasteiger partial charge in [0, 0.05) is 18.7 Å². The highest BCUT2D eigenvalue weighted by atomic mass is 19.3. The van der Waals surface area contributed by atoms with E-state index in [4.69, 9.17) is 9.47 Å². The Hall–Kier alpha value is -3.00. The molecular weight excluding hydrogens is 372 g/mol. The molecule has 8 heteroatoms. The van der Waals surface area contributed by atoms with Crippen LogP contribution in [-0.2, 0) is 14.3 Å². The molecule has 1 heterocycles. The van der Waals surface area contributed by atoms with Gasteiger partial charge in [0.1, 0.15) is 5.75 Å². The predicted molar refractivity (Wildman–Crippen MR) is 95.1 cm³/mol. The summed E-state index contributed by atoms with van der Waals surface area (Å²) in [5.41, 5.74) is 0.529. The van der Waals surface area contributed by atoms with Crippen molar-refractivity contribution in [2.75, 3.05) is 26.3 Å². The molecule has 1 aliphatic rings. The van der Waals surface area contributed by atoms with Crippen LogP contribution in [0.5, 0.6) is 5.75 Å². The van der Waals surface area contributed by atoms with Crippen molar-refractivity contribution in [1.29, 1.82) is 0 Å². The van der Waals surface area contributed by atoms with Crippen molar-refractivity contribution in [3.05, 3.63) is 65.7 Å². The van der Waals surface area contributed by atoms with Crippen LogP contribution in [0.1, 0.15) is 22.0 Å². The van der Waals surface area contributed by atoms with Crippen LogP contribution in [0.2, 0.25) is 0 Å². The van der Waals surface area contributed by atoms with Gasteiger partial charge in [0.2, 0.25) is 6.10 Å². The van der Waals surface area contributed by atoms with Crippen molar-refractivity contribution < 1.29 is 32.6 Å². The van der Waals surface area contributed by atoms with Crippen molar-refractivity contribution >= 4 is 11.9 Å². The van der Waals surface area contributed by atoms with Gasteiger partial charge in [-0.3, -0.25) is 4.79 Å². The normalized spacial score (nSPS) is 15.2. The summed E-state index contributed by atoms with van der Waals surface area (Å²) in [6, 6.07) is 13.9. The molecule has 1 atom stereocenters. The second-order valence-electron chi connectivity index (χ2n) is 6.04. The van der Waals surface area contributed by atoms with Gasteiger partial charge in [-0.05, 0) is 18.2 Å². The van der Waals surface area contributed by atoms with Crippen LogP contribution >= 0.6 is 0 Å². The minimum absolute atomic E-state index is 0.00820. The van der Waals surface area contributed by atoms with Crippen molar-refractivity contribution in [3.63, 3.8) is 0 Å². The molecule has 0 aromatic heterocycles. The number of morpholine rings is 1. The van der Waals surface area contributed by atoms with Crippen LogP contribution in [0.4, 0.5) is 8.78 Å². The number of carbonyl (C=O) groups excluding carboxylic acids is 2. The van der Waals surface area contributed by atoms with Crippen LogP contribution < -0.4 is 4.74 Å². The number of ether oxygens (including phenoxy) is 3. The summed E-state index contributed by atoms with van der Waals surface area (Å²) in [7, 11) is 0. The highest BCUT2D eigenvalue weighted by Crippen LogP contribution is 2.24. The number of hydrogen-bond acceptors (Lipinski definition) is 5. The van der Waals surface area contributed by atoms with Gasteiger partial charge in [-0.25, -0.2) is 4.79 Å². The maximum absolute atomic E-state index is 12.9. The molecule has 1 aliphatic heterocycles. The number of hydrogen-bond donors (Lipinski definition) is 0. The van der Waals surface area contributed by atoms with Crippen LogP contribution in [-0.4, -0.2) is 49.7 Å². The maximum Gasteiger partial charge on any atom is 0.387 e. The van der Waals surface area contributed by atoms with Crippen LogP contribution in [0.15, 0.2) is 54.6 Å². The molecule has 0 spiro atoms. The van der Waals surface area contributed by atoms with Crippen molar-refractivity contribution in [1.82, 2.24) is 4.90 Å². The molecule has 0 N–H and O–H groups in total. The zero-order valence-corrected chi connectivity index (χ0v) is 14.9. The molecule has 28 heavy (non-hydrogen) atoms. The van der Waals surface area contributed by atoms with Crippen molar-refractivity contribution in [2.45, 2.75) is 12.7 Å². The SMILES string of the molecule is O=C(OC(C(=O)N1CCOCC1)c1ccccc1)c1cccc(OC(F)F)c1. The number of amides is 1. The number of alkyl halides is 2. The van der Waals surface area contributed by atoms with E-state index in [-0.39, 0.29) is 17.2 Å². The van der Waals surface area contributed by atoms with E-state index in [1.807, 2.05) is 0 Å². The summed E-state index contributed by atoms with van der Waals surface area (Å²) >= 11 is 0. The number of carbonyl (C=O) groups is 2. The standard InChI is InChI=1S/C20H19F2NO5/c21-20(22)27-16-8-4-7-15(13-16)19(25)28-17(14-5-2-1-3-6-14)18(24)23-9-11-26-12-10-23/h1-8,13,17,20H,9-12H2. The molecule has 1 fully saturated rings. The maximum atomic E-state index is 12.9. The summed E-state index contributed by atoms with van der Waals surface area (Å²) in [5.74, 6) is -1.33. The van der Waals surface area contributed by atoms with E-state index < -0.39 is 18.7 Å². The van der Waals surface area contributed by atoms with E-state index in [9.17, 15) is 18.4 Å². The first-order valence-corrected chi connectivity index (χ1v) is 8.72. The molecule has 0 bridgehead atoms. The Kier molecular flexibility index (Phi) is 6.54. The molecule has 1 saturated heterocycles. The molecule has 1 amide bonds. The molecule has 1 unspecified atom stereocenters. The lowest BCUT2D eigenvalue weighted by Crippen LogP contribution is -2.44. The molecule has 6 nitrogen and oxygen atoms in total. The summed E-state index contributed by atoms with van der Waals surface area (Å²) in [5, 5.41) is 0. The third kappa shape index (κ3) is 5.04. The first-order valence-electron chi connectivity index (χ1n) is 8.72. The molecule has 0 saturated carbocycles. The smallest absolute Gasteiger partial charge is 0.387 e. The van der Waals surface area contributed by atoms with E-state index in [0.717, 1.165) is 6.07 Å². The third-order valence-corrected chi connectivity index (χ3v) is 4.17. The minimum Gasteiger partial charge on any atom is -0.444 e. The van der Waals surface area contributed by atoms with E-state index in [2.05, 4.69) is 4.74 Å². The average Bonchev–Trinajstić information content (AvgIpc) is 2.72. The molecule has 0 aliphatic carbocycles. The van der Waals surface area contributed by atoms with Crippen LogP contribution in [0.3, 0.4) is 0 Å². The second-order valence-corrected chi connectivity index (χ2v) is 6.04. The quantitative estimate of drug-likeness (QED) is 0.709. The molecule has 2 aromatic rings. The number of rotatable bonds is 6. The first-order chi connectivity index (χ1) is 13.5. The molecule has 0 radical (unpaired) electrons. The van der Waals surface area contributed by atoms with E-state index in [1.54, 1.807) is 35.2 Å². The Morgan fingerprint density at radius 1 is 1.00 bits per heavy atom. The second kappa shape index (κ2) is 9.27. The number of nitrogens with zero attached hydrogens (tertiary/aromatic N) is 1. The summed E-state index contributed by atoms with van der Waals surface area (Å²) in [4.78, 5) is 27.1. The summed E-state index contributed by atoms with van der Waals surface area (Å²) < 4.78 is 39.8. The highest BCUT2D eigenvalue weighted by Gasteiger charge is 2.31. The summed E-state index contributed by atoms with van der Waals surface area (Å²) in [6.45, 7) is -1.39. The molecular formula is C20H19F2NO5. The van der Waals surface area contributed by atoms with Gasteiger partial charge < -0.3 is 19.1 Å². The average molecular weight is 391 g/mol. The van der Waals surface area contributed by atoms with Gasteiger partial charge >= 0.3 is 12.6 Å². The fourth-order valence-electron chi connectivity index (χ4n) is 2.81. The van der Waals surface area contributed by atoms with Crippen LogP contribution in [0, 0.1) is 0 Å². The minimum atomic E-state index is -3.01. The Balaban J connectivity index is 1.81. The number of esters is 1. The molecule has 2 aromatic carbocycles. The van der Waals surface area contributed by atoms with E-state index in [0.29, 0.717) is 31.9 Å². The number of benzene rings is 2. The van der Waals surface area contributed by atoms with Gasteiger partial charge in [-0.2, -0.15) is 8.78 Å². The topological polar surface area (TPSA) is 65.1 Å². The Labute approximate surface area is 160 Å². The van der Waals surface area contributed by atoms with Gasteiger partial charge in [0.25, 0.3) is 5.91 Å². The lowest BCUT2D eigenvalue weighted by Gasteiger charge is -2.30. The molecule has 148 valence electrons. The Morgan fingerprint density at radius 3 is 2.39 bits per heavy atom. The van der Waals surface area contributed by atoms with Gasteiger partial charge in [0.05, 0.1) is 18.8 Å². The Bertz CT molecular complexity index is 809. The summed E-state index contributed by atoms with van der Waals surface area (Å²) in [6.07, 6.45) is -1.15. The number of halogens is 2. The predicted octanol–water partition coefficient (Wildman–Crippen LogP) is 3.04. The fraction of sp³-hybridized carbons (Fsp3) is 0.300. The zero-order chi connectivity index (χ0) is 19.9. The lowest BCUT2D eigenvalue weighted by atomic mass is 10.1. The molecule has 3 rings (SSSR count). The van der Waals surface area contributed by atoms with Crippen LogP contribution in [0.25, 0.3) is 0 Å².